The number of aliphatic carboxylic acids is 1. The van der Waals surface area contributed by atoms with Crippen LogP contribution in [0.15, 0.2) is 22.4 Å². The molecule has 10 nitrogen and oxygen atoms in total. The first-order chi connectivity index (χ1) is 14.8. The molecule has 0 fully saturated rings. The van der Waals surface area contributed by atoms with Gasteiger partial charge in [-0.05, 0) is 33.8 Å². The Bertz CT molecular complexity index is 983. The number of likely N-dealkylation sites (N-methyl/N-ethyl adjacent to an activating group) is 1. The number of hydrogen-bond acceptors (Lipinski definition) is 9. The monoisotopic (exact) mass is 446 g/mol. The van der Waals surface area contributed by atoms with Crippen molar-refractivity contribution in [3.05, 3.63) is 29.2 Å². The van der Waals surface area contributed by atoms with Crippen molar-refractivity contribution in [1.29, 1.82) is 0 Å². The summed E-state index contributed by atoms with van der Waals surface area (Å²) in [7, 11) is 1.51. The highest BCUT2D eigenvalue weighted by molar-refractivity contribution is 7.19. The molecule has 0 atom stereocenters. The fourth-order valence-electron chi connectivity index (χ4n) is 2.69. The Balaban J connectivity index is 2.46. The van der Waals surface area contributed by atoms with E-state index in [9.17, 15) is 9.90 Å². The molecule has 2 N–H and O–H groups in total. The van der Waals surface area contributed by atoms with Crippen molar-refractivity contribution in [3.63, 3.8) is 0 Å². The van der Waals surface area contributed by atoms with Crippen molar-refractivity contribution in [3.8, 4) is 5.75 Å². The lowest BCUT2D eigenvalue weighted by Crippen LogP contribution is -2.30. The summed E-state index contributed by atoms with van der Waals surface area (Å²) in [4.78, 5) is 20.7. The second-order valence-corrected chi connectivity index (χ2v) is 7.64. The molecule has 0 saturated carbocycles. The number of benzene rings is 1. The number of aromatic nitrogens is 1. The standard InChI is InChI=1S/C20H26N6O4S/c1-7-26(10-17(27)28)18-15(22-11-30-12(2)3)8-14(9-16(18)29-6)24-25-20-23-13(4)19(21-5)31-20/h8-9,12,22H,7,10-11H2,1-4,6H3,(H,27,28). The summed E-state index contributed by atoms with van der Waals surface area (Å²) in [5.74, 6) is -0.504. The van der Waals surface area contributed by atoms with Gasteiger partial charge in [-0.2, -0.15) is 0 Å². The second-order valence-electron chi connectivity index (χ2n) is 6.69. The number of azo groups is 1. The van der Waals surface area contributed by atoms with E-state index in [-0.39, 0.29) is 19.4 Å². The van der Waals surface area contributed by atoms with E-state index < -0.39 is 5.97 Å². The average Bonchev–Trinajstić information content (AvgIpc) is 3.09. The van der Waals surface area contributed by atoms with Crippen molar-refractivity contribution in [2.24, 2.45) is 10.2 Å². The largest absolute Gasteiger partial charge is 0.494 e. The van der Waals surface area contributed by atoms with Gasteiger partial charge in [-0.1, -0.05) is 0 Å². The predicted molar refractivity (Wildman–Crippen MR) is 121 cm³/mol. The molecule has 0 unspecified atom stereocenters. The summed E-state index contributed by atoms with van der Waals surface area (Å²) in [6, 6.07) is 3.42. The molecule has 0 saturated heterocycles. The van der Waals surface area contributed by atoms with Crippen molar-refractivity contribution in [1.82, 2.24) is 4.98 Å². The molecule has 0 aliphatic heterocycles. The van der Waals surface area contributed by atoms with Crippen molar-refractivity contribution in [2.75, 3.05) is 37.1 Å². The van der Waals surface area contributed by atoms with E-state index in [2.05, 4.69) is 25.4 Å². The van der Waals surface area contributed by atoms with Crippen LogP contribution in [0.3, 0.4) is 0 Å². The molecule has 0 aliphatic carbocycles. The van der Waals surface area contributed by atoms with Crippen LogP contribution < -0.4 is 15.0 Å². The first kappa shape index (κ1) is 24.0. The number of carboxylic acids is 1. The summed E-state index contributed by atoms with van der Waals surface area (Å²) in [5, 5.41) is 21.7. The maximum Gasteiger partial charge on any atom is 0.323 e. The summed E-state index contributed by atoms with van der Waals surface area (Å²) in [5.41, 5.74) is 2.30. The van der Waals surface area contributed by atoms with Gasteiger partial charge in [0.25, 0.3) is 5.00 Å². The molecular formula is C20H26N6O4S. The van der Waals surface area contributed by atoms with Gasteiger partial charge in [0, 0.05) is 12.6 Å². The number of methoxy groups -OCH3 is 1. The predicted octanol–water partition coefficient (Wildman–Crippen LogP) is 5.13. The van der Waals surface area contributed by atoms with Crippen LogP contribution in [-0.2, 0) is 9.53 Å². The molecule has 1 heterocycles. The van der Waals surface area contributed by atoms with Gasteiger partial charge < -0.3 is 24.8 Å². The number of nitrogens with one attached hydrogen (secondary N) is 1. The normalized spacial score (nSPS) is 11.0. The molecule has 2 rings (SSSR count). The number of hydrogen-bond donors (Lipinski definition) is 2. The van der Waals surface area contributed by atoms with Gasteiger partial charge in [-0.15, -0.1) is 21.6 Å². The number of anilines is 2. The quantitative estimate of drug-likeness (QED) is 0.279. The van der Waals surface area contributed by atoms with E-state index in [1.807, 2.05) is 20.8 Å². The molecule has 1 aromatic carbocycles. The van der Waals surface area contributed by atoms with E-state index in [0.29, 0.717) is 45.2 Å². The number of ether oxygens (including phenoxy) is 2. The fraction of sp³-hybridized carbons (Fsp3) is 0.450. The van der Waals surface area contributed by atoms with Crippen LogP contribution in [-0.4, -0.2) is 49.1 Å². The zero-order chi connectivity index (χ0) is 23.0. The number of carbonyl (C=O) groups is 1. The zero-order valence-electron chi connectivity index (χ0n) is 18.2. The van der Waals surface area contributed by atoms with Gasteiger partial charge in [0.1, 0.15) is 24.7 Å². The molecule has 11 heteroatoms. The lowest BCUT2D eigenvalue weighted by molar-refractivity contribution is -0.135. The molecule has 166 valence electrons. The number of carboxylic acid groups (broad SMARTS) is 1. The molecule has 2 aromatic rings. The highest BCUT2D eigenvalue weighted by atomic mass is 32.1. The molecule has 0 bridgehead atoms. The van der Waals surface area contributed by atoms with E-state index in [1.165, 1.54) is 7.11 Å². The minimum atomic E-state index is -0.952. The number of rotatable bonds is 11. The molecule has 0 spiro atoms. The topological polar surface area (TPSA) is 113 Å². The third-order valence-electron chi connectivity index (χ3n) is 4.10. The molecule has 0 amide bonds. The van der Waals surface area contributed by atoms with Crippen LogP contribution in [0.4, 0.5) is 27.2 Å². The van der Waals surface area contributed by atoms with Crippen molar-refractivity contribution < 1.29 is 19.4 Å². The summed E-state index contributed by atoms with van der Waals surface area (Å²) in [6.07, 6.45) is 0.0202. The summed E-state index contributed by atoms with van der Waals surface area (Å²) >= 11 is 1.16. The Morgan fingerprint density at radius 1 is 1.42 bits per heavy atom. The Morgan fingerprint density at radius 3 is 2.71 bits per heavy atom. The third-order valence-corrected chi connectivity index (χ3v) is 5.03. The highest BCUT2D eigenvalue weighted by Gasteiger charge is 2.20. The van der Waals surface area contributed by atoms with Crippen molar-refractivity contribution in [2.45, 2.75) is 33.8 Å². The average molecular weight is 447 g/mol. The van der Waals surface area contributed by atoms with Gasteiger partial charge in [-0.3, -0.25) is 4.79 Å². The van der Waals surface area contributed by atoms with Crippen LogP contribution in [0.25, 0.3) is 4.85 Å². The lowest BCUT2D eigenvalue weighted by atomic mass is 10.2. The first-order valence-electron chi connectivity index (χ1n) is 9.59. The van der Waals surface area contributed by atoms with Gasteiger partial charge >= 0.3 is 5.97 Å². The summed E-state index contributed by atoms with van der Waals surface area (Å²) in [6.45, 7) is 15.1. The minimum Gasteiger partial charge on any atom is -0.494 e. The van der Waals surface area contributed by atoms with Gasteiger partial charge in [0.2, 0.25) is 5.13 Å². The Hall–Kier alpha value is -3.23. The van der Waals surface area contributed by atoms with Crippen LogP contribution in [0.2, 0.25) is 0 Å². The van der Waals surface area contributed by atoms with E-state index in [4.69, 9.17) is 16.0 Å². The van der Waals surface area contributed by atoms with E-state index >= 15 is 0 Å². The van der Waals surface area contributed by atoms with Crippen LogP contribution in [0.5, 0.6) is 5.75 Å². The number of nitrogens with zero attached hydrogens (tertiary/aromatic N) is 5. The van der Waals surface area contributed by atoms with Crippen LogP contribution in [0.1, 0.15) is 26.5 Å². The Morgan fingerprint density at radius 2 is 2.16 bits per heavy atom. The third kappa shape index (κ3) is 6.63. The molecule has 31 heavy (non-hydrogen) atoms. The fourth-order valence-corrected chi connectivity index (χ4v) is 3.36. The van der Waals surface area contributed by atoms with E-state index in [0.717, 1.165) is 11.3 Å². The minimum absolute atomic E-state index is 0.0202. The molecule has 1 aromatic heterocycles. The van der Waals surface area contributed by atoms with Gasteiger partial charge in [-0.25, -0.2) is 9.83 Å². The number of aryl methyl sites for hydroxylation is 1. The highest BCUT2D eigenvalue weighted by Crippen LogP contribution is 2.41. The Kier molecular flexibility index (Phi) is 8.72. The van der Waals surface area contributed by atoms with Crippen LogP contribution >= 0.6 is 11.3 Å². The number of thiazole rings is 1. The molecular weight excluding hydrogens is 420 g/mol. The van der Waals surface area contributed by atoms with Gasteiger partial charge in [0.05, 0.1) is 36.9 Å². The molecule has 0 aliphatic rings. The van der Waals surface area contributed by atoms with E-state index in [1.54, 1.807) is 24.0 Å². The second kappa shape index (κ2) is 11.2. The Labute approximate surface area is 185 Å². The maximum absolute atomic E-state index is 11.3. The lowest BCUT2D eigenvalue weighted by Gasteiger charge is -2.27. The maximum atomic E-state index is 11.3. The smallest absolute Gasteiger partial charge is 0.323 e. The first-order valence-corrected chi connectivity index (χ1v) is 10.4. The van der Waals surface area contributed by atoms with Gasteiger partial charge in [0.15, 0.2) is 0 Å². The summed E-state index contributed by atoms with van der Waals surface area (Å²) < 4.78 is 11.1. The molecule has 0 radical (unpaired) electrons. The van der Waals surface area contributed by atoms with Crippen LogP contribution in [0, 0.1) is 13.5 Å². The zero-order valence-corrected chi connectivity index (χ0v) is 19.0. The SMILES string of the molecule is [C-]#[N+]c1sc(N=Nc2cc(NCOC(C)C)c(N(CC)CC(=O)O)c(OC)c2)nc1C. The van der Waals surface area contributed by atoms with Crippen molar-refractivity contribution >= 4 is 44.5 Å².